The molecule has 0 unspecified atom stereocenters. The van der Waals surface area contributed by atoms with E-state index in [9.17, 15) is 4.57 Å². The van der Waals surface area contributed by atoms with Gasteiger partial charge in [-0.15, -0.1) is 0 Å². The van der Waals surface area contributed by atoms with E-state index in [2.05, 4.69) is 0 Å². The molecule has 0 amide bonds. The van der Waals surface area contributed by atoms with Crippen molar-refractivity contribution in [3.8, 4) is 0 Å². The second-order valence-corrected chi connectivity index (χ2v) is 5.52. The zero-order valence-corrected chi connectivity index (χ0v) is 7.93. The van der Waals surface area contributed by atoms with Crippen LogP contribution in [0.4, 0.5) is 0 Å². The monoisotopic (exact) mass is 179 g/mol. The summed E-state index contributed by atoms with van der Waals surface area (Å²) < 4.78 is 21.3. The molecule has 0 saturated heterocycles. The van der Waals surface area contributed by atoms with Crippen LogP contribution < -0.4 is 5.73 Å². The molecule has 0 aromatic heterocycles. The van der Waals surface area contributed by atoms with Crippen LogP contribution in [0.2, 0.25) is 0 Å². The highest BCUT2D eigenvalue weighted by atomic mass is 31.2. The van der Waals surface area contributed by atoms with Gasteiger partial charge in [0.15, 0.2) is 0 Å². The minimum absolute atomic E-state index is 0.230. The van der Waals surface area contributed by atoms with Crippen LogP contribution in [0.25, 0.3) is 0 Å². The maximum absolute atomic E-state index is 11.7. The fraction of sp³-hybridized carbons (Fsp3) is 1.00. The fourth-order valence-electron chi connectivity index (χ4n) is 1.23. The van der Waals surface area contributed by atoms with Crippen molar-refractivity contribution in [1.29, 1.82) is 0 Å². The van der Waals surface area contributed by atoms with Crippen molar-refractivity contribution < 1.29 is 13.6 Å². The van der Waals surface area contributed by atoms with Crippen LogP contribution in [-0.4, -0.2) is 19.5 Å². The normalized spacial score (nSPS) is 37.3. The summed E-state index contributed by atoms with van der Waals surface area (Å²) in [7, 11) is -0.302. The number of rotatable bonds is 3. The Morgan fingerprint density at radius 3 is 2.00 bits per heavy atom. The Morgan fingerprint density at radius 1 is 1.55 bits per heavy atom. The molecule has 4 nitrogen and oxygen atoms in total. The van der Waals surface area contributed by atoms with Gasteiger partial charge in [0.05, 0.1) is 0 Å². The van der Waals surface area contributed by atoms with Crippen molar-refractivity contribution in [2.24, 2.45) is 11.7 Å². The lowest BCUT2D eigenvalue weighted by Crippen LogP contribution is -2.25. The van der Waals surface area contributed by atoms with Gasteiger partial charge in [0.25, 0.3) is 0 Å². The molecular weight excluding hydrogens is 165 g/mol. The molecule has 0 heterocycles. The molecule has 1 rings (SSSR count). The first kappa shape index (κ1) is 9.20. The summed E-state index contributed by atoms with van der Waals surface area (Å²) in [5.74, 6) is 0.230. The van der Waals surface area contributed by atoms with Crippen LogP contribution >= 0.6 is 7.60 Å². The van der Waals surface area contributed by atoms with Crippen molar-refractivity contribution in [3.05, 3.63) is 0 Å². The molecule has 2 atom stereocenters. The van der Waals surface area contributed by atoms with Gasteiger partial charge in [-0.25, -0.2) is 0 Å². The summed E-state index contributed by atoms with van der Waals surface area (Å²) in [4.78, 5) is 0. The smallest absolute Gasteiger partial charge is 0.315 e. The third-order valence-corrected chi connectivity index (χ3v) is 4.92. The SMILES string of the molecule is COP(=O)(OC)[C@@]1(N)C[C@H]1C. The minimum Gasteiger partial charge on any atom is -0.315 e. The third kappa shape index (κ3) is 1.14. The van der Waals surface area contributed by atoms with Crippen LogP contribution in [0.15, 0.2) is 0 Å². The van der Waals surface area contributed by atoms with Gasteiger partial charge < -0.3 is 14.8 Å². The first-order valence-electron chi connectivity index (χ1n) is 3.50. The first-order valence-corrected chi connectivity index (χ1v) is 5.05. The van der Waals surface area contributed by atoms with Crippen molar-refractivity contribution in [2.75, 3.05) is 14.2 Å². The van der Waals surface area contributed by atoms with Crippen LogP contribution in [0.3, 0.4) is 0 Å². The van der Waals surface area contributed by atoms with E-state index < -0.39 is 12.9 Å². The summed E-state index contributed by atoms with van der Waals surface area (Å²) in [6, 6.07) is 0. The molecule has 1 fully saturated rings. The van der Waals surface area contributed by atoms with E-state index in [1.165, 1.54) is 14.2 Å². The minimum atomic E-state index is -3.03. The fourth-order valence-corrected chi connectivity index (χ4v) is 3.09. The lowest BCUT2D eigenvalue weighted by atomic mass is 10.5. The van der Waals surface area contributed by atoms with Gasteiger partial charge in [0.1, 0.15) is 5.28 Å². The summed E-state index contributed by atoms with van der Waals surface area (Å²) in [5.41, 5.74) is 5.78. The van der Waals surface area contributed by atoms with Crippen molar-refractivity contribution in [2.45, 2.75) is 18.6 Å². The van der Waals surface area contributed by atoms with Crippen LogP contribution in [0, 0.1) is 5.92 Å². The molecule has 1 aliphatic rings. The molecule has 0 aromatic carbocycles. The standard InChI is InChI=1S/C6H14NO3P/c1-5-4-6(5,7)11(8,9-2)10-3/h5H,4,7H2,1-3H3/t5-,6+/m1/s1. The van der Waals surface area contributed by atoms with Gasteiger partial charge in [-0.3, -0.25) is 4.57 Å². The molecule has 1 aliphatic carbocycles. The predicted octanol–water partition coefficient (Wildman–Crippen LogP) is 1.17. The molecule has 0 bridgehead atoms. The Balaban J connectivity index is 2.80. The number of hydrogen-bond donors (Lipinski definition) is 1. The van der Waals surface area contributed by atoms with Crippen LogP contribution in [-0.2, 0) is 13.6 Å². The van der Waals surface area contributed by atoms with Crippen molar-refractivity contribution in [1.82, 2.24) is 0 Å². The molecule has 2 N–H and O–H groups in total. The average Bonchev–Trinajstić information content (AvgIpc) is 2.60. The molecule has 11 heavy (non-hydrogen) atoms. The van der Waals surface area contributed by atoms with Crippen molar-refractivity contribution >= 4 is 7.60 Å². The average molecular weight is 179 g/mol. The topological polar surface area (TPSA) is 61.5 Å². The van der Waals surface area contributed by atoms with Gasteiger partial charge >= 0.3 is 7.60 Å². The lowest BCUT2D eigenvalue weighted by molar-refractivity contribution is 0.261. The van der Waals surface area contributed by atoms with E-state index in [4.69, 9.17) is 14.8 Å². The van der Waals surface area contributed by atoms with E-state index in [0.29, 0.717) is 6.42 Å². The Hall–Kier alpha value is 0.110. The second-order valence-electron chi connectivity index (χ2n) is 2.96. The van der Waals surface area contributed by atoms with Crippen LogP contribution in [0.5, 0.6) is 0 Å². The van der Waals surface area contributed by atoms with Crippen molar-refractivity contribution in [3.63, 3.8) is 0 Å². The highest BCUT2D eigenvalue weighted by molar-refractivity contribution is 7.56. The number of hydrogen-bond acceptors (Lipinski definition) is 4. The number of nitrogens with two attached hydrogens (primary N) is 1. The van der Waals surface area contributed by atoms with E-state index in [0.717, 1.165) is 0 Å². The summed E-state index contributed by atoms with van der Waals surface area (Å²) >= 11 is 0. The molecule has 0 spiro atoms. The Kier molecular flexibility index (Phi) is 2.14. The second kappa shape index (κ2) is 2.56. The Morgan fingerprint density at radius 2 is 1.91 bits per heavy atom. The van der Waals surface area contributed by atoms with Gasteiger partial charge in [-0.1, -0.05) is 6.92 Å². The molecule has 66 valence electrons. The zero-order chi connectivity index (χ0) is 8.70. The van der Waals surface area contributed by atoms with E-state index in [1.54, 1.807) is 0 Å². The Labute approximate surface area is 66.6 Å². The van der Waals surface area contributed by atoms with Gasteiger partial charge in [0.2, 0.25) is 0 Å². The lowest BCUT2D eigenvalue weighted by Gasteiger charge is -2.20. The first-order chi connectivity index (χ1) is 5.00. The zero-order valence-electron chi connectivity index (χ0n) is 7.03. The molecule has 1 saturated carbocycles. The van der Waals surface area contributed by atoms with Gasteiger partial charge in [-0.05, 0) is 12.3 Å². The molecule has 0 aromatic rings. The van der Waals surface area contributed by atoms with E-state index >= 15 is 0 Å². The van der Waals surface area contributed by atoms with E-state index in [-0.39, 0.29) is 5.92 Å². The maximum Gasteiger partial charge on any atom is 0.350 e. The highest BCUT2D eigenvalue weighted by Crippen LogP contribution is 2.70. The summed E-state index contributed by atoms with van der Waals surface area (Å²) in [6.07, 6.45) is 0.714. The molecule has 0 aliphatic heterocycles. The molecule has 0 radical (unpaired) electrons. The Bertz CT molecular complexity index is 200. The summed E-state index contributed by atoms with van der Waals surface area (Å²) in [6.45, 7) is 1.94. The van der Waals surface area contributed by atoms with Gasteiger partial charge in [-0.2, -0.15) is 0 Å². The van der Waals surface area contributed by atoms with Gasteiger partial charge in [0, 0.05) is 14.2 Å². The van der Waals surface area contributed by atoms with E-state index in [1.807, 2.05) is 6.92 Å². The quantitative estimate of drug-likeness (QED) is 0.660. The van der Waals surface area contributed by atoms with Crippen LogP contribution in [0.1, 0.15) is 13.3 Å². The summed E-state index contributed by atoms with van der Waals surface area (Å²) in [5, 5.41) is -0.726. The maximum atomic E-state index is 11.7. The third-order valence-electron chi connectivity index (χ3n) is 2.32. The highest BCUT2D eigenvalue weighted by Gasteiger charge is 2.62. The predicted molar refractivity (Wildman–Crippen MR) is 42.3 cm³/mol. The molecular formula is C6H14NO3P. The largest absolute Gasteiger partial charge is 0.350 e. The molecule has 5 heteroatoms.